The highest BCUT2D eigenvalue weighted by atomic mass is 16.3. The van der Waals surface area contributed by atoms with E-state index in [2.05, 4.69) is 39.9 Å². The predicted octanol–water partition coefficient (Wildman–Crippen LogP) is 2.81. The molecule has 0 rings (SSSR count). The normalized spacial score (nSPS) is 16.8. The lowest BCUT2D eigenvalue weighted by Crippen LogP contribution is -2.40. The van der Waals surface area contributed by atoms with Gasteiger partial charge in [0.25, 0.3) is 0 Å². The lowest BCUT2D eigenvalue weighted by Gasteiger charge is -2.30. The zero-order valence-electron chi connectivity index (χ0n) is 11.3. The molecular formula is C13H29NO. The third-order valence-corrected chi connectivity index (χ3v) is 2.94. The molecule has 2 N–H and O–H groups in total. The highest BCUT2D eigenvalue weighted by Gasteiger charge is 2.22. The molecule has 2 atom stereocenters. The maximum absolute atomic E-state index is 9.39. The number of aliphatic hydroxyl groups is 1. The molecule has 2 unspecified atom stereocenters. The van der Waals surface area contributed by atoms with Crippen LogP contribution in [-0.2, 0) is 0 Å². The molecule has 0 amide bonds. The van der Waals surface area contributed by atoms with Crippen molar-refractivity contribution in [2.45, 2.75) is 66.5 Å². The molecule has 92 valence electrons. The second kappa shape index (κ2) is 6.49. The van der Waals surface area contributed by atoms with Gasteiger partial charge in [0.05, 0.1) is 6.10 Å². The van der Waals surface area contributed by atoms with Crippen LogP contribution in [0.4, 0.5) is 0 Å². The summed E-state index contributed by atoms with van der Waals surface area (Å²) in [5.41, 5.74) is 0.177. The van der Waals surface area contributed by atoms with Crippen LogP contribution in [0.3, 0.4) is 0 Å². The molecule has 0 fully saturated rings. The summed E-state index contributed by atoms with van der Waals surface area (Å²) in [5.74, 6) is 0.678. The molecule has 0 spiro atoms. The molecule has 2 heteroatoms. The first-order valence-electron chi connectivity index (χ1n) is 6.20. The minimum atomic E-state index is -0.207. The molecule has 0 aromatic heterocycles. The van der Waals surface area contributed by atoms with Crippen LogP contribution in [0.15, 0.2) is 0 Å². The molecule has 0 aliphatic heterocycles. The van der Waals surface area contributed by atoms with Gasteiger partial charge in [0, 0.05) is 12.6 Å². The Kier molecular flexibility index (Phi) is 6.46. The summed E-state index contributed by atoms with van der Waals surface area (Å²) in [6, 6.07) is 0.596. The van der Waals surface area contributed by atoms with E-state index >= 15 is 0 Å². The molecule has 0 bridgehead atoms. The third-order valence-electron chi connectivity index (χ3n) is 2.94. The van der Waals surface area contributed by atoms with Gasteiger partial charge in [-0.25, -0.2) is 0 Å². The van der Waals surface area contributed by atoms with Crippen LogP contribution in [0.5, 0.6) is 0 Å². The van der Waals surface area contributed by atoms with Crippen molar-refractivity contribution < 1.29 is 5.11 Å². The highest BCUT2D eigenvalue weighted by Crippen LogP contribution is 2.22. The average molecular weight is 215 g/mol. The van der Waals surface area contributed by atoms with E-state index in [1.807, 2.05) is 6.92 Å². The van der Waals surface area contributed by atoms with E-state index in [9.17, 15) is 5.11 Å². The largest absolute Gasteiger partial charge is 0.393 e. The zero-order chi connectivity index (χ0) is 12.1. The first kappa shape index (κ1) is 14.9. The maximum atomic E-state index is 9.39. The van der Waals surface area contributed by atoms with Crippen LogP contribution in [0.2, 0.25) is 0 Å². The van der Waals surface area contributed by atoms with Gasteiger partial charge in [0.2, 0.25) is 0 Å². The van der Waals surface area contributed by atoms with Crippen molar-refractivity contribution >= 4 is 0 Å². The number of nitrogens with one attached hydrogen (secondary N) is 1. The van der Waals surface area contributed by atoms with Crippen molar-refractivity contribution in [3.05, 3.63) is 0 Å². The lowest BCUT2D eigenvalue weighted by molar-refractivity contribution is 0.124. The second-order valence-electron chi connectivity index (χ2n) is 5.86. The summed E-state index contributed by atoms with van der Waals surface area (Å²) in [6.07, 6.45) is 1.82. The van der Waals surface area contributed by atoms with Gasteiger partial charge in [-0.15, -0.1) is 0 Å². The standard InChI is InChI=1S/C13H29NO/c1-7-12(10(2)3)14-9-13(5,6)8-11(4)15/h10-12,14-15H,7-9H2,1-6H3. The van der Waals surface area contributed by atoms with Crippen molar-refractivity contribution in [1.82, 2.24) is 5.32 Å². The monoisotopic (exact) mass is 215 g/mol. The molecule has 0 saturated carbocycles. The molecule has 0 aromatic carbocycles. The van der Waals surface area contributed by atoms with Crippen molar-refractivity contribution in [1.29, 1.82) is 0 Å². The average Bonchev–Trinajstić information content (AvgIpc) is 2.01. The van der Waals surface area contributed by atoms with Crippen LogP contribution in [0.1, 0.15) is 54.4 Å². The van der Waals surface area contributed by atoms with Crippen LogP contribution in [-0.4, -0.2) is 23.8 Å². The summed E-state index contributed by atoms with van der Waals surface area (Å²) >= 11 is 0. The Morgan fingerprint density at radius 1 is 1.20 bits per heavy atom. The van der Waals surface area contributed by atoms with Gasteiger partial charge in [-0.05, 0) is 31.1 Å². The molecule has 0 heterocycles. The fourth-order valence-corrected chi connectivity index (χ4v) is 2.13. The van der Waals surface area contributed by atoms with E-state index in [4.69, 9.17) is 0 Å². The molecule has 0 aliphatic carbocycles. The summed E-state index contributed by atoms with van der Waals surface area (Å²) < 4.78 is 0. The van der Waals surface area contributed by atoms with Crippen LogP contribution < -0.4 is 5.32 Å². The van der Waals surface area contributed by atoms with Gasteiger partial charge < -0.3 is 10.4 Å². The van der Waals surface area contributed by atoms with Crippen LogP contribution in [0, 0.1) is 11.3 Å². The fraction of sp³-hybridized carbons (Fsp3) is 1.00. The van der Waals surface area contributed by atoms with E-state index in [0.29, 0.717) is 12.0 Å². The number of hydrogen-bond donors (Lipinski definition) is 2. The first-order valence-corrected chi connectivity index (χ1v) is 6.20. The van der Waals surface area contributed by atoms with E-state index in [1.54, 1.807) is 0 Å². The number of aliphatic hydroxyl groups excluding tert-OH is 1. The second-order valence-corrected chi connectivity index (χ2v) is 5.86. The lowest BCUT2D eigenvalue weighted by atomic mass is 9.86. The SMILES string of the molecule is CCC(NCC(C)(C)CC(C)O)C(C)C. The Morgan fingerprint density at radius 3 is 2.07 bits per heavy atom. The van der Waals surface area contributed by atoms with Crippen LogP contribution in [0.25, 0.3) is 0 Å². The van der Waals surface area contributed by atoms with Crippen molar-refractivity contribution in [3.8, 4) is 0 Å². The summed E-state index contributed by atoms with van der Waals surface area (Å²) in [6.45, 7) is 14.0. The molecular weight excluding hydrogens is 186 g/mol. The van der Waals surface area contributed by atoms with E-state index in [1.165, 1.54) is 6.42 Å². The Labute approximate surface area is 95.5 Å². The quantitative estimate of drug-likeness (QED) is 0.684. The molecule has 0 aliphatic rings. The minimum Gasteiger partial charge on any atom is -0.393 e. The molecule has 0 aromatic rings. The van der Waals surface area contributed by atoms with Gasteiger partial charge in [-0.1, -0.05) is 34.6 Å². The smallest absolute Gasteiger partial charge is 0.0517 e. The Morgan fingerprint density at radius 2 is 1.73 bits per heavy atom. The predicted molar refractivity (Wildman–Crippen MR) is 67.0 cm³/mol. The van der Waals surface area contributed by atoms with E-state index < -0.39 is 0 Å². The highest BCUT2D eigenvalue weighted by molar-refractivity contribution is 4.77. The Hall–Kier alpha value is -0.0800. The summed E-state index contributed by atoms with van der Waals surface area (Å²) in [5, 5.41) is 13.0. The Balaban J connectivity index is 4.00. The first-order chi connectivity index (χ1) is 6.78. The van der Waals surface area contributed by atoms with Crippen molar-refractivity contribution in [2.75, 3.05) is 6.54 Å². The Bertz CT molecular complexity index is 164. The summed E-state index contributed by atoms with van der Waals surface area (Å²) in [7, 11) is 0. The van der Waals surface area contributed by atoms with E-state index in [-0.39, 0.29) is 11.5 Å². The van der Waals surface area contributed by atoms with Gasteiger partial charge in [-0.2, -0.15) is 0 Å². The van der Waals surface area contributed by atoms with Gasteiger partial charge in [-0.3, -0.25) is 0 Å². The molecule has 0 radical (unpaired) electrons. The van der Waals surface area contributed by atoms with Crippen molar-refractivity contribution in [3.63, 3.8) is 0 Å². The van der Waals surface area contributed by atoms with Crippen molar-refractivity contribution in [2.24, 2.45) is 11.3 Å². The summed E-state index contributed by atoms with van der Waals surface area (Å²) in [4.78, 5) is 0. The van der Waals surface area contributed by atoms with Crippen LogP contribution >= 0.6 is 0 Å². The number of rotatable bonds is 7. The van der Waals surface area contributed by atoms with Gasteiger partial charge >= 0.3 is 0 Å². The third kappa shape index (κ3) is 6.91. The van der Waals surface area contributed by atoms with E-state index in [0.717, 1.165) is 13.0 Å². The van der Waals surface area contributed by atoms with Gasteiger partial charge in [0.1, 0.15) is 0 Å². The maximum Gasteiger partial charge on any atom is 0.0517 e. The minimum absolute atomic E-state index is 0.177. The molecule has 15 heavy (non-hydrogen) atoms. The zero-order valence-corrected chi connectivity index (χ0v) is 11.3. The fourth-order valence-electron chi connectivity index (χ4n) is 2.13. The number of hydrogen-bond acceptors (Lipinski definition) is 2. The molecule has 2 nitrogen and oxygen atoms in total. The van der Waals surface area contributed by atoms with Gasteiger partial charge in [0.15, 0.2) is 0 Å². The molecule has 0 saturated heterocycles. The topological polar surface area (TPSA) is 32.3 Å².